The molecule has 0 N–H and O–H groups in total. The second-order valence-electron chi connectivity index (χ2n) is 4.55. The molecule has 2 aromatic rings. The maximum absolute atomic E-state index is 2.38. The van der Waals surface area contributed by atoms with Crippen LogP contribution in [0.15, 0.2) is 60.7 Å². The number of fused-ring (bicyclic) bond motifs is 1. The van der Waals surface area contributed by atoms with Crippen LogP contribution < -0.4 is 0 Å². The van der Waals surface area contributed by atoms with E-state index in [0.717, 1.165) is 6.42 Å². The average molecular weight is 458 g/mol. The summed E-state index contributed by atoms with van der Waals surface area (Å²) >= 11 is 1.57. The van der Waals surface area contributed by atoms with Crippen molar-refractivity contribution in [1.82, 2.24) is 0 Å². The predicted octanol–water partition coefficient (Wildman–Crippen LogP) is 4.85. The van der Waals surface area contributed by atoms with Crippen LogP contribution in [0.3, 0.4) is 0 Å². The monoisotopic (exact) mass is 455 g/mol. The standard InChI is InChI=1S/C16H13.2BrH.Zr/c1-2-6-13(7-3-1)12-15-11-10-14-8-4-5-9-16(14)15;;;/h1-11H,12H2;2*1H;. The number of benzene rings is 2. The summed E-state index contributed by atoms with van der Waals surface area (Å²) in [6, 6.07) is 19.5. The first-order valence-corrected chi connectivity index (χ1v) is 7.08. The molecule has 0 aromatic heterocycles. The van der Waals surface area contributed by atoms with Crippen LogP contribution in [-0.4, -0.2) is 0 Å². The van der Waals surface area contributed by atoms with Crippen molar-refractivity contribution in [3.05, 3.63) is 77.4 Å². The molecule has 1 atom stereocenters. The van der Waals surface area contributed by atoms with Gasteiger partial charge in [0.2, 0.25) is 0 Å². The molecule has 0 amide bonds. The molecule has 0 aliphatic heterocycles. The molecule has 0 radical (unpaired) electrons. The van der Waals surface area contributed by atoms with Gasteiger partial charge < -0.3 is 0 Å². The zero-order valence-electron chi connectivity index (χ0n) is 10.4. The topological polar surface area (TPSA) is 0 Å². The van der Waals surface area contributed by atoms with Crippen molar-refractivity contribution < 1.29 is 24.7 Å². The molecule has 3 rings (SSSR count). The van der Waals surface area contributed by atoms with Gasteiger partial charge in [0.15, 0.2) is 0 Å². The number of halogens is 2. The fraction of sp³-hybridized carbons (Fsp3) is 0.125. The summed E-state index contributed by atoms with van der Waals surface area (Å²) in [5, 5.41) is 0. The molecule has 1 aliphatic carbocycles. The summed E-state index contributed by atoms with van der Waals surface area (Å²) in [5.74, 6) is 0. The molecule has 0 bridgehead atoms. The van der Waals surface area contributed by atoms with E-state index in [0.29, 0.717) is 0 Å². The van der Waals surface area contributed by atoms with Crippen molar-refractivity contribution >= 4 is 40.0 Å². The summed E-state index contributed by atoms with van der Waals surface area (Å²) in [4.78, 5) is 0. The van der Waals surface area contributed by atoms with E-state index in [1.807, 2.05) is 0 Å². The van der Waals surface area contributed by atoms with Crippen molar-refractivity contribution in [1.29, 1.82) is 0 Å². The zero-order chi connectivity index (χ0) is 11.7. The molecule has 2 aromatic carbocycles. The van der Waals surface area contributed by atoms with Crippen molar-refractivity contribution in [2.75, 3.05) is 0 Å². The van der Waals surface area contributed by atoms with Gasteiger partial charge in [0.1, 0.15) is 0 Å². The molecule has 97 valence electrons. The van der Waals surface area contributed by atoms with Gasteiger partial charge in [0.05, 0.1) is 0 Å². The third-order valence-electron chi connectivity index (χ3n) is 3.31. The van der Waals surface area contributed by atoms with Crippen LogP contribution in [0.1, 0.15) is 16.7 Å². The number of allylic oxidation sites excluding steroid dienone is 1. The van der Waals surface area contributed by atoms with Gasteiger partial charge in [0.25, 0.3) is 0 Å². The van der Waals surface area contributed by atoms with Gasteiger partial charge in [-0.25, -0.2) is 0 Å². The Morgan fingerprint density at radius 3 is 2.21 bits per heavy atom. The Morgan fingerprint density at radius 2 is 1.47 bits per heavy atom. The Labute approximate surface area is 150 Å². The molecule has 0 heterocycles. The van der Waals surface area contributed by atoms with Crippen molar-refractivity contribution in [2.45, 2.75) is 9.54 Å². The van der Waals surface area contributed by atoms with Crippen molar-refractivity contribution in [2.24, 2.45) is 0 Å². The Bertz CT molecular complexity index is 566. The van der Waals surface area contributed by atoms with E-state index in [4.69, 9.17) is 0 Å². The van der Waals surface area contributed by atoms with Crippen LogP contribution in [0, 0.1) is 0 Å². The summed E-state index contributed by atoms with van der Waals surface area (Å²) < 4.78 is 0.241. The minimum atomic E-state index is 0. The van der Waals surface area contributed by atoms with Crippen molar-refractivity contribution in [3.8, 4) is 0 Å². The molecular formula is C16H15Br2Zr. The van der Waals surface area contributed by atoms with Crippen LogP contribution in [0.2, 0.25) is 0 Å². The minimum absolute atomic E-state index is 0. The Kier molecular flexibility index (Phi) is 6.43. The zero-order valence-corrected chi connectivity index (χ0v) is 16.3. The van der Waals surface area contributed by atoms with Crippen LogP contribution in [0.4, 0.5) is 0 Å². The van der Waals surface area contributed by atoms with Gasteiger partial charge >= 0.3 is 118 Å². The molecule has 1 unspecified atom stereocenters. The van der Waals surface area contributed by atoms with E-state index in [2.05, 4.69) is 66.7 Å². The molecule has 0 spiro atoms. The first kappa shape index (κ1) is 17.1. The fourth-order valence-electron chi connectivity index (χ4n) is 2.44. The summed E-state index contributed by atoms with van der Waals surface area (Å²) in [7, 11) is 0. The third kappa shape index (κ3) is 3.57. The van der Waals surface area contributed by atoms with Gasteiger partial charge in [-0.3, -0.25) is 0 Å². The number of hydrogen-bond donors (Lipinski definition) is 0. The first-order chi connectivity index (χ1) is 8.28. The summed E-state index contributed by atoms with van der Waals surface area (Å²) in [5.41, 5.74) is 4.30. The first-order valence-electron chi connectivity index (χ1n) is 5.86. The van der Waals surface area contributed by atoms with Gasteiger partial charge in [-0.05, 0) is 0 Å². The van der Waals surface area contributed by atoms with Crippen LogP contribution in [-0.2, 0) is 34.3 Å². The Hall–Kier alpha value is 0.0231. The molecular weight excluding hydrogens is 443 g/mol. The van der Waals surface area contributed by atoms with E-state index in [-0.39, 0.29) is 37.1 Å². The third-order valence-corrected chi connectivity index (χ3v) is 4.82. The van der Waals surface area contributed by atoms with Gasteiger partial charge in [0, 0.05) is 0 Å². The van der Waals surface area contributed by atoms with Crippen LogP contribution >= 0.6 is 34.0 Å². The molecule has 0 nitrogen and oxygen atoms in total. The predicted molar refractivity (Wildman–Crippen MR) is 87.9 cm³/mol. The van der Waals surface area contributed by atoms with Crippen LogP contribution in [0.5, 0.6) is 0 Å². The van der Waals surface area contributed by atoms with E-state index in [9.17, 15) is 0 Å². The van der Waals surface area contributed by atoms with E-state index < -0.39 is 0 Å². The second kappa shape index (κ2) is 7.15. The molecule has 0 fully saturated rings. The SMILES string of the molecule is Br.Br.[Zr][C]1(Cc2ccccc2)C=Cc2ccccc21. The summed E-state index contributed by atoms with van der Waals surface area (Å²) in [6.45, 7) is 0. The van der Waals surface area contributed by atoms with E-state index >= 15 is 0 Å². The average Bonchev–Trinajstić information content (AvgIpc) is 2.69. The van der Waals surface area contributed by atoms with Gasteiger partial charge in [-0.1, -0.05) is 0 Å². The van der Waals surface area contributed by atoms with Crippen LogP contribution in [0.25, 0.3) is 6.08 Å². The number of hydrogen-bond acceptors (Lipinski definition) is 0. The molecule has 1 aliphatic rings. The molecule has 19 heavy (non-hydrogen) atoms. The maximum atomic E-state index is 2.38. The number of rotatable bonds is 2. The quantitative estimate of drug-likeness (QED) is 0.604. The fourth-order valence-corrected chi connectivity index (χ4v) is 3.71. The van der Waals surface area contributed by atoms with E-state index in [1.54, 1.807) is 24.7 Å². The normalized spacial score (nSPS) is 19.1. The summed E-state index contributed by atoms with van der Waals surface area (Å²) in [6.07, 6.45) is 5.76. The van der Waals surface area contributed by atoms with E-state index in [1.165, 1.54) is 16.7 Å². The molecule has 0 saturated carbocycles. The van der Waals surface area contributed by atoms with Gasteiger partial charge in [-0.2, -0.15) is 0 Å². The van der Waals surface area contributed by atoms with Gasteiger partial charge in [-0.15, -0.1) is 34.0 Å². The molecule has 3 heteroatoms. The van der Waals surface area contributed by atoms with Crippen molar-refractivity contribution in [3.63, 3.8) is 0 Å². The molecule has 0 saturated heterocycles. The Morgan fingerprint density at radius 1 is 0.842 bits per heavy atom. The Balaban J connectivity index is 0.000000902. The second-order valence-corrected chi connectivity index (χ2v) is 6.75.